The van der Waals surface area contributed by atoms with Crippen molar-refractivity contribution >= 4 is 11.3 Å². The molecule has 0 spiro atoms. The van der Waals surface area contributed by atoms with Crippen LogP contribution in [-0.2, 0) is 0 Å². The second-order valence-electron chi connectivity index (χ2n) is 4.42. The molecule has 0 radical (unpaired) electrons. The normalized spacial score (nSPS) is 27.1. The van der Waals surface area contributed by atoms with Crippen LogP contribution in [0.1, 0.15) is 53.2 Å². The Morgan fingerprint density at radius 1 is 1.36 bits per heavy atom. The summed E-state index contributed by atoms with van der Waals surface area (Å²) in [6.45, 7) is 3.39. The van der Waals surface area contributed by atoms with Gasteiger partial charge in [-0.05, 0) is 39.2 Å². The lowest BCUT2D eigenvalue weighted by atomic mass is 10.1. The molecule has 1 saturated heterocycles. The zero-order chi connectivity index (χ0) is 9.54. The molecule has 1 unspecified atom stereocenters. The van der Waals surface area contributed by atoms with Crippen molar-refractivity contribution < 1.29 is 0 Å². The van der Waals surface area contributed by atoms with E-state index in [2.05, 4.69) is 12.2 Å². The molecule has 14 heavy (non-hydrogen) atoms. The average Bonchev–Trinajstić information content (AvgIpc) is 2.75. The molecule has 76 valence electrons. The molecule has 3 heteroatoms. The van der Waals surface area contributed by atoms with Crippen molar-refractivity contribution in [1.82, 2.24) is 10.3 Å². The molecule has 2 nitrogen and oxygen atoms in total. The Morgan fingerprint density at radius 3 is 2.86 bits per heavy atom. The smallest absolute Gasteiger partial charge is 0.0962 e. The molecule has 1 aliphatic carbocycles. The van der Waals surface area contributed by atoms with Crippen molar-refractivity contribution in [2.24, 2.45) is 0 Å². The fourth-order valence-corrected chi connectivity index (χ4v) is 3.33. The van der Waals surface area contributed by atoms with E-state index in [0.717, 1.165) is 5.92 Å². The lowest BCUT2D eigenvalue weighted by molar-refractivity contribution is 0.626. The summed E-state index contributed by atoms with van der Waals surface area (Å²) in [5.74, 6) is 0.814. The monoisotopic (exact) mass is 208 g/mol. The van der Waals surface area contributed by atoms with Crippen molar-refractivity contribution in [3.8, 4) is 0 Å². The summed E-state index contributed by atoms with van der Waals surface area (Å²) in [7, 11) is 0. The number of nitrogens with one attached hydrogen (secondary N) is 1. The summed E-state index contributed by atoms with van der Waals surface area (Å²) in [6, 6.07) is 0.554. The van der Waals surface area contributed by atoms with Crippen molar-refractivity contribution in [2.75, 3.05) is 6.54 Å². The van der Waals surface area contributed by atoms with Gasteiger partial charge in [0.1, 0.15) is 0 Å². The summed E-state index contributed by atoms with van der Waals surface area (Å²) >= 11 is 1.92. The first-order valence-corrected chi connectivity index (χ1v) is 6.37. The van der Waals surface area contributed by atoms with Gasteiger partial charge in [0.15, 0.2) is 0 Å². The van der Waals surface area contributed by atoms with E-state index in [4.69, 9.17) is 4.98 Å². The van der Waals surface area contributed by atoms with E-state index in [0.29, 0.717) is 6.04 Å². The summed E-state index contributed by atoms with van der Waals surface area (Å²) in [6.07, 6.45) is 5.31. The van der Waals surface area contributed by atoms with E-state index in [1.807, 2.05) is 11.3 Å². The molecule has 1 aromatic heterocycles. The molecule has 3 rings (SSSR count). The van der Waals surface area contributed by atoms with E-state index in [9.17, 15) is 0 Å². The summed E-state index contributed by atoms with van der Waals surface area (Å²) in [4.78, 5) is 6.25. The molecule has 1 aromatic rings. The summed E-state index contributed by atoms with van der Waals surface area (Å²) in [5, 5.41) is 4.93. The van der Waals surface area contributed by atoms with E-state index >= 15 is 0 Å². The van der Waals surface area contributed by atoms with Crippen molar-refractivity contribution in [2.45, 2.75) is 44.6 Å². The van der Waals surface area contributed by atoms with Crippen LogP contribution in [-0.4, -0.2) is 11.5 Å². The zero-order valence-corrected chi connectivity index (χ0v) is 9.36. The zero-order valence-electron chi connectivity index (χ0n) is 8.55. The molecule has 1 atom stereocenters. The Bertz CT molecular complexity index is 335. The second kappa shape index (κ2) is 3.31. The Morgan fingerprint density at radius 2 is 2.21 bits per heavy atom. The first-order chi connectivity index (χ1) is 6.84. The van der Waals surface area contributed by atoms with Gasteiger partial charge in [0, 0.05) is 10.8 Å². The molecule has 0 bridgehead atoms. The Labute approximate surface area is 88.7 Å². The van der Waals surface area contributed by atoms with Gasteiger partial charge in [-0.2, -0.15) is 0 Å². The summed E-state index contributed by atoms with van der Waals surface area (Å²) in [5.41, 5.74) is 1.34. The minimum atomic E-state index is 0.554. The van der Waals surface area contributed by atoms with Gasteiger partial charge in [0.25, 0.3) is 0 Å². The van der Waals surface area contributed by atoms with Crippen LogP contribution in [0, 0.1) is 6.92 Å². The lowest BCUT2D eigenvalue weighted by Crippen LogP contribution is -2.14. The minimum Gasteiger partial charge on any atom is -0.309 e. The third-order valence-corrected chi connectivity index (χ3v) is 4.32. The first kappa shape index (κ1) is 8.86. The number of rotatable bonds is 2. The van der Waals surface area contributed by atoms with Gasteiger partial charge < -0.3 is 5.32 Å². The quantitative estimate of drug-likeness (QED) is 0.808. The number of thiazole rings is 1. The number of hydrogen-bond donors (Lipinski definition) is 1. The van der Waals surface area contributed by atoms with Gasteiger partial charge in [-0.1, -0.05) is 0 Å². The molecular formula is C11H16N2S. The maximum absolute atomic E-state index is 4.81. The van der Waals surface area contributed by atoms with Crippen LogP contribution < -0.4 is 5.32 Å². The van der Waals surface area contributed by atoms with Gasteiger partial charge >= 0.3 is 0 Å². The Hall–Kier alpha value is -0.410. The van der Waals surface area contributed by atoms with Crippen LogP contribution in [0.4, 0.5) is 0 Å². The molecule has 2 fully saturated rings. The largest absolute Gasteiger partial charge is 0.309 e. The molecule has 0 aromatic carbocycles. The molecule has 0 amide bonds. The Balaban J connectivity index is 1.88. The first-order valence-electron chi connectivity index (χ1n) is 5.55. The third kappa shape index (κ3) is 1.48. The highest BCUT2D eigenvalue weighted by Crippen LogP contribution is 2.43. The van der Waals surface area contributed by atoms with E-state index in [1.54, 1.807) is 0 Å². The van der Waals surface area contributed by atoms with Crippen LogP contribution >= 0.6 is 11.3 Å². The Kier molecular flexibility index (Phi) is 2.10. The van der Waals surface area contributed by atoms with Crippen molar-refractivity contribution in [1.29, 1.82) is 0 Å². The van der Waals surface area contributed by atoms with Crippen molar-refractivity contribution in [3.63, 3.8) is 0 Å². The third-order valence-electron chi connectivity index (χ3n) is 3.17. The average molecular weight is 208 g/mol. The van der Waals surface area contributed by atoms with Gasteiger partial charge in [0.05, 0.1) is 16.7 Å². The standard InChI is InChI=1S/C11H16N2S/c1-7-10(9-3-2-6-12-9)13-11(14-7)8-4-5-8/h8-9,12H,2-6H2,1H3. The number of aryl methyl sites for hydroxylation is 1. The van der Waals surface area contributed by atoms with Gasteiger partial charge in [-0.25, -0.2) is 4.98 Å². The fourth-order valence-electron chi connectivity index (χ4n) is 2.18. The number of hydrogen-bond acceptors (Lipinski definition) is 3. The highest BCUT2D eigenvalue weighted by atomic mass is 32.1. The summed E-state index contributed by atoms with van der Waals surface area (Å²) < 4.78 is 0. The highest BCUT2D eigenvalue weighted by Gasteiger charge is 2.29. The van der Waals surface area contributed by atoms with Crippen LogP contribution in [0.2, 0.25) is 0 Å². The van der Waals surface area contributed by atoms with Crippen molar-refractivity contribution in [3.05, 3.63) is 15.6 Å². The molecule has 2 aliphatic rings. The lowest BCUT2D eigenvalue weighted by Gasteiger charge is -2.07. The molecular weight excluding hydrogens is 192 g/mol. The molecule has 1 saturated carbocycles. The topological polar surface area (TPSA) is 24.9 Å². The predicted octanol–water partition coefficient (Wildman–Crippen LogP) is 2.75. The van der Waals surface area contributed by atoms with Gasteiger partial charge in [-0.3, -0.25) is 0 Å². The van der Waals surface area contributed by atoms with Crippen LogP contribution in [0.25, 0.3) is 0 Å². The number of aromatic nitrogens is 1. The van der Waals surface area contributed by atoms with Crippen LogP contribution in [0.5, 0.6) is 0 Å². The number of nitrogens with zero attached hydrogens (tertiary/aromatic N) is 1. The molecule has 2 heterocycles. The highest BCUT2D eigenvalue weighted by molar-refractivity contribution is 7.11. The van der Waals surface area contributed by atoms with Gasteiger partial charge in [0.2, 0.25) is 0 Å². The second-order valence-corrected chi connectivity index (χ2v) is 5.65. The molecule has 1 aliphatic heterocycles. The van der Waals surface area contributed by atoms with E-state index in [-0.39, 0.29) is 0 Å². The minimum absolute atomic E-state index is 0.554. The maximum Gasteiger partial charge on any atom is 0.0962 e. The fraction of sp³-hybridized carbons (Fsp3) is 0.727. The van der Waals surface area contributed by atoms with E-state index < -0.39 is 0 Å². The van der Waals surface area contributed by atoms with Gasteiger partial charge in [-0.15, -0.1) is 11.3 Å². The van der Waals surface area contributed by atoms with Crippen LogP contribution in [0.15, 0.2) is 0 Å². The van der Waals surface area contributed by atoms with Crippen LogP contribution in [0.3, 0.4) is 0 Å². The SMILES string of the molecule is Cc1sc(C2CC2)nc1C1CCCN1. The maximum atomic E-state index is 4.81. The van der Waals surface area contributed by atoms with E-state index in [1.165, 1.54) is 47.8 Å². The predicted molar refractivity (Wildman–Crippen MR) is 58.8 cm³/mol. The molecule has 1 N–H and O–H groups in total.